The lowest BCUT2D eigenvalue weighted by atomic mass is 9.84. The zero-order valence-electron chi connectivity index (χ0n) is 15.3. The summed E-state index contributed by atoms with van der Waals surface area (Å²) in [7, 11) is -1.42. The SMILES string of the molecule is CCC1CCC(NC(=NC)NCC2(S(C)(=O)=O)CCOCC2)CC1. The molecule has 0 bridgehead atoms. The van der Waals surface area contributed by atoms with Gasteiger partial charge in [0, 0.05) is 39.1 Å². The van der Waals surface area contributed by atoms with Crippen LogP contribution in [0.2, 0.25) is 0 Å². The average Bonchev–Trinajstić information content (AvgIpc) is 2.59. The van der Waals surface area contributed by atoms with Gasteiger partial charge >= 0.3 is 0 Å². The molecule has 2 aliphatic rings. The van der Waals surface area contributed by atoms with Gasteiger partial charge in [0.05, 0.1) is 4.75 Å². The first kappa shape index (κ1) is 19.5. The molecular weight excluding hydrogens is 326 g/mol. The minimum Gasteiger partial charge on any atom is -0.381 e. The van der Waals surface area contributed by atoms with Crippen LogP contribution in [0.25, 0.3) is 0 Å². The van der Waals surface area contributed by atoms with E-state index < -0.39 is 14.6 Å². The standard InChI is InChI=1S/C17H33N3O3S/c1-4-14-5-7-15(8-6-14)20-16(18-2)19-13-17(24(3,21)22)9-11-23-12-10-17/h14-15H,4-13H2,1-3H3,(H2,18,19,20). The number of nitrogens with one attached hydrogen (secondary N) is 2. The van der Waals surface area contributed by atoms with Gasteiger partial charge in [0.2, 0.25) is 0 Å². The molecule has 7 heteroatoms. The maximum Gasteiger partial charge on any atom is 0.191 e. The van der Waals surface area contributed by atoms with Crippen LogP contribution in [0.1, 0.15) is 51.9 Å². The maximum absolute atomic E-state index is 12.3. The number of aliphatic imine (C=N–C) groups is 1. The zero-order valence-corrected chi connectivity index (χ0v) is 16.1. The van der Waals surface area contributed by atoms with Crippen molar-refractivity contribution in [3.8, 4) is 0 Å². The zero-order chi connectivity index (χ0) is 17.6. The van der Waals surface area contributed by atoms with Gasteiger partial charge in [-0.25, -0.2) is 8.42 Å². The van der Waals surface area contributed by atoms with Crippen LogP contribution in [-0.2, 0) is 14.6 Å². The first-order chi connectivity index (χ1) is 11.4. The molecule has 1 aliphatic heterocycles. The third-order valence-electron chi connectivity index (χ3n) is 5.76. The smallest absolute Gasteiger partial charge is 0.191 e. The molecule has 0 unspecified atom stereocenters. The molecule has 0 spiro atoms. The summed E-state index contributed by atoms with van der Waals surface area (Å²) in [6, 6.07) is 0.433. The molecule has 0 aromatic heterocycles. The Bertz CT molecular complexity index is 519. The predicted octanol–water partition coefficient (Wildman–Crippen LogP) is 1.71. The molecule has 0 radical (unpaired) electrons. The molecule has 0 atom stereocenters. The Hall–Kier alpha value is -0.820. The topological polar surface area (TPSA) is 79.8 Å². The highest BCUT2D eigenvalue weighted by Crippen LogP contribution is 2.29. The number of sulfone groups is 1. The van der Waals surface area contributed by atoms with E-state index in [1.165, 1.54) is 25.5 Å². The second-order valence-electron chi connectivity index (χ2n) is 7.26. The van der Waals surface area contributed by atoms with E-state index in [0.29, 0.717) is 44.6 Å². The molecular formula is C17H33N3O3S. The molecule has 0 amide bonds. The van der Waals surface area contributed by atoms with E-state index in [-0.39, 0.29) is 0 Å². The fourth-order valence-corrected chi connectivity index (χ4v) is 5.01. The minimum absolute atomic E-state index is 0.388. The highest BCUT2D eigenvalue weighted by molar-refractivity contribution is 7.92. The van der Waals surface area contributed by atoms with E-state index >= 15 is 0 Å². The lowest BCUT2D eigenvalue weighted by molar-refractivity contribution is 0.0756. The van der Waals surface area contributed by atoms with Gasteiger partial charge in [0.15, 0.2) is 15.8 Å². The highest BCUT2D eigenvalue weighted by Gasteiger charge is 2.42. The van der Waals surface area contributed by atoms with E-state index in [0.717, 1.165) is 18.8 Å². The second kappa shape index (κ2) is 8.52. The molecule has 1 heterocycles. The number of hydrogen-bond acceptors (Lipinski definition) is 4. The minimum atomic E-state index is -3.16. The fraction of sp³-hybridized carbons (Fsp3) is 0.941. The first-order valence-electron chi connectivity index (χ1n) is 9.15. The molecule has 6 nitrogen and oxygen atoms in total. The Morgan fingerprint density at radius 2 is 1.83 bits per heavy atom. The Labute approximate surface area is 146 Å². The molecule has 0 aromatic carbocycles. The van der Waals surface area contributed by atoms with E-state index in [1.54, 1.807) is 7.05 Å². The normalized spacial score (nSPS) is 28.4. The molecule has 2 fully saturated rings. The number of hydrogen-bond donors (Lipinski definition) is 2. The summed E-state index contributed by atoms with van der Waals surface area (Å²) in [5.41, 5.74) is 0. The summed E-state index contributed by atoms with van der Waals surface area (Å²) < 4.78 is 29.2. The van der Waals surface area contributed by atoms with Crippen LogP contribution in [0.5, 0.6) is 0 Å². The van der Waals surface area contributed by atoms with Crippen molar-refractivity contribution in [2.45, 2.75) is 62.7 Å². The summed E-state index contributed by atoms with van der Waals surface area (Å²) in [5.74, 6) is 1.57. The summed E-state index contributed by atoms with van der Waals surface area (Å²) >= 11 is 0. The van der Waals surface area contributed by atoms with Crippen LogP contribution in [0.4, 0.5) is 0 Å². The molecule has 2 rings (SSSR count). The van der Waals surface area contributed by atoms with Gasteiger partial charge in [0.1, 0.15) is 0 Å². The van der Waals surface area contributed by atoms with Crippen LogP contribution in [0, 0.1) is 5.92 Å². The Morgan fingerprint density at radius 3 is 2.33 bits per heavy atom. The van der Waals surface area contributed by atoms with Gasteiger partial charge in [-0.1, -0.05) is 13.3 Å². The van der Waals surface area contributed by atoms with Crippen molar-refractivity contribution < 1.29 is 13.2 Å². The van der Waals surface area contributed by atoms with Crippen molar-refractivity contribution >= 4 is 15.8 Å². The first-order valence-corrected chi connectivity index (χ1v) is 11.0. The van der Waals surface area contributed by atoms with Crippen molar-refractivity contribution in [2.24, 2.45) is 10.9 Å². The van der Waals surface area contributed by atoms with Crippen molar-refractivity contribution in [1.82, 2.24) is 10.6 Å². The van der Waals surface area contributed by atoms with Gasteiger partial charge in [-0.2, -0.15) is 0 Å². The van der Waals surface area contributed by atoms with E-state index in [9.17, 15) is 8.42 Å². The van der Waals surface area contributed by atoms with Gasteiger partial charge in [-0.3, -0.25) is 4.99 Å². The summed E-state index contributed by atoms with van der Waals surface area (Å²) in [6.45, 7) is 3.65. The van der Waals surface area contributed by atoms with Crippen molar-refractivity contribution in [3.05, 3.63) is 0 Å². The molecule has 140 valence electrons. The maximum atomic E-state index is 12.3. The van der Waals surface area contributed by atoms with Crippen LogP contribution in [0.3, 0.4) is 0 Å². The summed E-state index contributed by atoms with van der Waals surface area (Å²) in [4.78, 5) is 4.29. The molecule has 2 N–H and O–H groups in total. The highest BCUT2D eigenvalue weighted by atomic mass is 32.2. The predicted molar refractivity (Wildman–Crippen MR) is 98.2 cm³/mol. The summed E-state index contributed by atoms with van der Waals surface area (Å²) in [5, 5.41) is 6.73. The largest absolute Gasteiger partial charge is 0.381 e. The number of ether oxygens (including phenoxy) is 1. The lowest BCUT2D eigenvalue weighted by Gasteiger charge is -2.36. The van der Waals surface area contributed by atoms with Gasteiger partial charge in [-0.15, -0.1) is 0 Å². The Kier molecular flexibility index (Phi) is 6.92. The fourth-order valence-electron chi connectivity index (χ4n) is 3.77. The van der Waals surface area contributed by atoms with Crippen LogP contribution in [-0.4, -0.2) is 58.2 Å². The van der Waals surface area contributed by atoms with Gasteiger partial charge < -0.3 is 15.4 Å². The van der Waals surface area contributed by atoms with Crippen molar-refractivity contribution in [3.63, 3.8) is 0 Å². The third kappa shape index (κ3) is 4.85. The second-order valence-corrected chi connectivity index (χ2v) is 9.67. The Morgan fingerprint density at radius 1 is 1.21 bits per heavy atom. The molecule has 24 heavy (non-hydrogen) atoms. The van der Waals surface area contributed by atoms with Crippen molar-refractivity contribution in [1.29, 1.82) is 0 Å². The number of guanidine groups is 1. The third-order valence-corrected chi connectivity index (χ3v) is 7.88. The van der Waals surface area contributed by atoms with Crippen LogP contribution >= 0.6 is 0 Å². The van der Waals surface area contributed by atoms with Gasteiger partial charge in [0.25, 0.3) is 0 Å². The monoisotopic (exact) mass is 359 g/mol. The molecule has 1 saturated carbocycles. The van der Waals surface area contributed by atoms with Crippen LogP contribution in [0.15, 0.2) is 4.99 Å². The summed E-state index contributed by atoms with van der Waals surface area (Å²) in [6.07, 6.45) is 8.51. The van der Waals surface area contributed by atoms with Crippen molar-refractivity contribution in [2.75, 3.05) is 33.1 Å². The molecule has 0 aromatic rings. The molecule has 1 aliphatic carbocycles. The van der Waals surface area contributed by atoms with E-state index in [1.807, 2.05) is 0 Å². The quantitative estimate of drug-likeness (QED) is 0.577. The van der Waals surface area contributed by atoms with E-state index in [4.69, 9.17) is 4.74 Å². The average molecular weight is 360 g/mol. The molecule has 1 saturated heterocycles. The van der Waals surface area contributed by atoms with Gasteiger partial charge in [-0.05, 0) is 44.4 Å². The number of nitrogens with zero attached hydrogens (tertiary/aromatic N) is 1. The lowest BCUT2D eigenvalue weighted by Crippen LogP contribution is -2.54. The van der Waals surface area contributed by atoms with Crippen LogP contribution < -0.4 is 10.6 Å². The Balaban J connectivity index is 1.90. The van der Waals surface area contributed by atoms with E-state index in [2.05, 4.69) is 22.5 Å². The number of rotatable bonds is 5.